The fourth-order valence-electron chi connectivity index (χ4n) is 1.62. The van der Waals surface area contributed by atoms with Crippen molar-refractivity contribution in [2.45, 2.75) is 59.7 Å². The standard InChI is InChI=1S/C10H24NO3P/c1-8(2)11(9(3)4)15(12,13-7)14-10(5)6/h8-10H,1-7H3. The van der Waals surface area contributed by atoms with Gasteiger partial charge in [0.15, 0.2) is 0 Å². The van der Waals surface area contributed by atoms with Crippen molar-refractivity contribution in [2.75, 3.05) is 7.11 Å². The molecule has 0 radical (unpaired) electrons. The molecule has 0 rings (SSSR count). The zero-order valence-corrected chi connectivity index (χ0v) is 11.7. The third-order valence-corrected chi connectivity index (χ3v) is 4.55. The minimum absolute atomic E-state index is 0.115. The highest BCUT2D eigenvalue weighted by Gasteiger charge is 2.37. The van der Waals surface area contributed by atoms with E-state index in [1.807, 2.05) is 41.5 Å². The molecule has 0 aromatic rings. The number of hydrogen-bond donors (Lipinski definition) is 0. The van der Waals surface area contributed by atoms with Crippen LogP contribution >= 0.6 is 7.75 Å². The van der Waals surface area contributed by atoms with E-state index < -0.39 is 7.75 Å². The van der Waals surface area contributed by atoms with Crippen molar-refractivity contribution in [2.24, 2.45) is 0 Å². The third kappa shape index (κ3) is 4.23. The van der Waals surface area contributed by atoms with Crippen molar-refractivity contribution >= 4 is 7.75 Å². The Morgan fingerprint density at radius 1 is 1.00 bits per heavy atom. The van der Waals surface area contributed by atoms with Crippen LogP contribution < -0.4 is 0 Å². The van der Waals surface area contributed by atoms with E-state index in [0.29, 0.717) is 0 Å². The van der Waals surface area contributed by atoms with Crippen LogP contribution in [0, 0.1) is 0 Å². The van der Waals surface area contributed by atoms with Gasteiger partial charge in [-0.3, -0.25) is 9.05 Å². The molecule has 0 saturated heterocycles. The second kappa shape index (κ2) is 6.00. The fourth-order valence-corrected chi connectivity index (χ4v) is 3.67. The van der Waals surface area contributed by atoms with Crippen LogP contribution in [-0.4, -0.2) is 30.0 Å². The molecule has 0 aliphatic carbocycles. The smallest absolute Gasteiger partial charge is 0.300 e. The van der Waals surface area contributed by atoms with Crippen molar-refractivity contribution in [3.63, 3.8) is 0 Å². The van der Waals surface area contributed by atoms with Crippen LogP contribution in [-0.2, 0) is 13.6 Å². The van der Waals surface area contributed by atoms with Gasteiger partial charge >= 0.3 is 7.75 Å². The summed E-state index contributed by atoms with van der Waals surface area (Å²) in [7, 11) is -1.71. The van der Waals surface area contributed by atoms with Crippen molar-refractivity contribution in [1.82, 2.24) is 4.67 Å². The molecule has 0 fully saturated rings. The van der Waals surface area contributed by atoms with Gasteiger partial charge in [-0.2, -0.15) is 0 Å². The second-order valence-corrected chi connectivity index (χ2v) is 6.35. The van der Waals surface area contributed by atoms with E-state index in [0.717, 1.165) is 0 Å². The molecule has 0 aliphatic heterocycles. The highest BCUT2D eigenvalue weighted by Crippen LogP contribution is 2.54. The van der Waals surface area contributed by atoms with Crippen LogP contribution in [0.1, 0.15) is 41.5 Å². The predicted molar refractivity (Wildman–Crippen MR) is 62.9 cm³/mol. The minimum Gasteiger partial charge on any atom is -0.300 e. The summed E-state index contributed by atoms with van der Waals surface area (Å²) in [6.07, 6.45) is -0.115. The van der Waals surface area contributed by atoms with Gasteiger partial charge < -0.3 is 0 Å². The van der Waals surface area contributed by atoms with Crippen LogP contribution in [0.5, 0.6) is 0 Å². The maximum Gasteiger partial charge on any atom is 0.408 e. The Bertz CT molecular complexity index is 221. The molecule has 0 saturated carbocycles. The number of rotatable bonds is 6. The Morgan fingerprint density at radius 2 is 1.40 bits per heavy atom. The zero-order chi connectivity index (χ0) is 12.2. The first-order chi connectivity index (χ1) is 6.74. The first kappa shape index (κ1) is 15.1. The van der Waals surface area contributed by atoms with Gasteiger partial charge in [0.05, 0.1) is 6.10 Å². The van der Waals surface area contributed by atoms with Gasteiger partial charge in [0, 0.05) is 19.2 Å². The topological polar surface area (TPSA) is 38.8 Å². The van der Waals surface area contributed by atoms with E-state index in [1.54, 1.807) is 4.67 Å². The summed E-state index contributed by atoms with van der Waals surface area (Å²) in [6, 6.07) is 0.240. The van der Waals surface area contributed by atoms with Gasteiger partial charge in [0.2, 0.25) is 0 Å². The summed E-state index contributed by atoms with van der Waals surface area (Å²) in [5.41, 5.74) is 0. The van der Waals surface area contributed by atoms with Gasteiger partial charge in [0.1, 0.15) is 0 Å². The Kier molecular flexibility index (Phi) is 6.04. The number of hydrogen-bond acceptors (Lipinski definition) is 3. The van der Waals surface area contributed by atoms with Crippen molar-refractivity contribution in [3.05, 3.63) is 0 Å². The molecule has 0 amide bonds. The summed E-state index contributed by atoms with van der Waals surface area (Å²) in [5, 5.41) is 0. The van der Waals surface area contributed by atoms with E-state index in [-0.39, 0.29) is 18.2 Å². The SMILES string of the molecule is COP(=O)(OC(C)C)N(C(C)C)C(C)C. The molecule has 0 spiro atoms. The molecule has 5 heteroatoms. The Labute approximate surface area is 93.5 Å². The van der Waals surface area contributed by atoms with E-state index in [1.165, 1.54) is 7.11 Å². The lowest BCUT2D eigenvalue weighted by atomic mass is 10.3. The van der Waals surface area contributed by atoms with E-state index >= 15 is 0 Å². The molecule has 0 bridgehead atoms. The Hall–Kier alpha value is 0.110. The molecule has 0 aromatic carbocycles. The van der Waals surface area contributed by atoms with Crippen LogP contribution in [0.2, 0.25) is 0 Å². The highest BCUT2D eigenvalue weighted by atomic mass is 31.2. The zero-order valence-electron chi connectivity index (χ0n) is 10.9. The summed E-state index contributed by atoms with van der Waals surface area (Å²) in [6.45, 7) is 11.6. The summed E-state index contributed by atoms with van der Waals surface area (Å²) in [4.78, 5) is 0. The van der Waals surface area contributed by atoms with Crippen LogP contribution in [0.4, 0.5) is 0 Å². The molecule has 1 unspecified atom stereocenters. The lowest BCUT2D eigenvalue weighted by Gasteiger charge is -2.35. The highest BCUT2D eigenvalue weighted by molar-refractivity contribution is 7.51. The predicted octanol–water partition coefficient (Wildman–Crippen LogP) is 3.28. The normalized spacial score (nSPS) is 16.7. The molecule has 0 N–H and O–H groups in total. The lowest BCUT2D eigenvalue weighted by molar-refractivity contribution is 0.123. The van der Waals surface area contributed by atoms with Crippen molar-refractivity contribution < 1.29 is 13.6 Å². The molecule has 92 valence electrons. The van der Waals surface area contributed by atoms with Gasteiger partial charge in [-0.05, 0) is 41.5 Å². The van der Waals surface area contributed by atoms with E-state index in [9.17, 15) is 4.57 Å². The Morgan fingerprint density at radius 3 is 1.60 bits per heavy atom. The van der Waals surface area contributed by atoms with Crippen LogP contribution in [0.25, 0.3) is 0 Å². The van der Waals surface area contributed by atoms with E-state index in [4.69, 9.17) is 9.05 Å². The minimum atomic E-state index is -3.15. The lowest BCUT2D eigenvalue weighted by Crippen LogP contribution is -2.35. The molecule has 4 nitrogen and oxygen atoms in total. The van der Waals surface area contributed by atoms with Gasteiger partial charge in [-0.25, -0.2) is 9.24 Å². The van der Waals surface area contributed by atoms with Gasteiger partial charge in [0.25, 0.3) is 0 Å². The molecular formula is C10H24NO3P. The average molecular weight is 237 g/mol. The fraction of sp³-hybridized carbons (Fsp3) is 1.00. The first-order valence-corrected chi connectivity index (χ1v) is 6.87. The van der Waals surface area contributed by atoms with Crippen LogP contribution in [0.15, 0.2) is 0 Å². The van der Waals surface area contributed by atoms with Gasteiger partial charge in [-0.15, -0.1) is 0 Å². The molecule has 1 atom stereocenters. The Balaban J connectivity index is 4.95. The molecule has 0 heterocycles. The maximum atomic E-state index is 12.5. The van der Waals surface area contributed by atoms with Crippen molar-refractivity contribution in [3.8, 4) is 0 Å². The molecule has 0 aromatic heterocycles. The second-order valence-electron chi connectivity index (χ2n) is 4.37. The third-order valence-electron chi connectivity index (χ3n) is 1.92. The first-order valence-electron chi connectivity index (χ1n) is 5.37. The average Bonchev–Trinajstić information content (AvgIpc) is 2.00. The summed E-state index contributed by atoms with van der Waals surface area (Å²) in [5.74, 6) is 0. The monoisotopic (exact) mass is 237 g/mol. The largest absolute Gasteiger partial charge is 0.408 e. The van der Waals surface area contributed by atoms with Gasteiger partial charge in [-0.1, -0.05) is 0 Å². The van der Waals surface area contributed by atoms with Crippen LogP contribution in [0.3, 0.4) is 0 Å². The summed E-state index contributed by atoms with van der Waals surface area (Å²) < 4.78 is 24.8. The summed E-state index contributed by atoms with van der Waals surface area (Å²) >= 11 is 0. The quantitative estimate of drug-likeness (QED) is 0.664. The molecular weight excluding hydrogens is 213 g/mol. The van der Waals surface area contributed by atoms with E-state index in [2.05, 4.69) is 0 Å². The molecule has 0 aliphatic rings. The van der Waals surface area contributed by atoms with Crippen molar-refractivity contribution in [1.29, 1.82) is 0 Å². The number of nitrogens with zero attached hydrogens (tertiary/aromatic N) is 1. The maximum absolute atomic E-state index is 12.5. The molecule has 15 heavy (non-hydrogen) atoms.